The monoisotopic (exact) mass is 487 g/mol. The number of carbonyl (C=O) groups is 1. The van der Waals surface area contributed by atoms with Gasteiger partial charge in [-0.05, 0) is 44.2 Å². The summed E-state index contributed by atoms with van der Waals surface area (Å²) in [5.74, 6) is -0.302. The third-order valence-electron chi connectivity index (χ3n) is 6.58. The maximum atomic E-state index is 13.1. The Morgan fingerprint density at radius 2 is 1.60 bits per heavy atom. The Morgan fingerprint density at radius 3 is 2.23 bits per heavy atom. The number of benzene rings is 2. The molecule has 1 aliphatic rings. The fourth-order valence-electron chi connectivity index (χ4n) is 4.35. The number of para-hydroxylation sites is 1. The molecule has 35 heavy (non-hydrogen) atoms. The number of hydrogen-bond donors (Lipinski definition) is 1. The van der Waals surface area contributed by atoms with E-state index in [2.05, 4.69) is 5.32 Å². The second-order valence-corrected chi connectivity index (χ2v) is 8.67. The number of piperazine rings is 1. The number of nitrogens with one attached hydrogen (secondary N) is 1. The largest absolute Gasteiger partial charge is 0.416 e. The molecule has 7 nitrogen and oxygen atoms in total. The Bertz CT molecular complexity index is 1260. The van der Waals surface area contributed by atoms with Crippen LogP contribution >= 0.6 is 0 Å². The second-order valence-electron chi connectivity index (χ2n) is 8.67. The van der Waals surface area contributed by atoms with Gasteiger partial charge in [0.2, 0.25) is 5.91 Å². The summed E-state index contributed by atoms with van der Waals surface area (Å²) in [4.78, 5) is 30.0. The quantitative estimate of drug-likeness (QED) is 0.597. The van der Waals surface area contributed by atoms with Crippen LogP contribution in [0.3, 0.4) is 0 Å². The first-order valence-corrected chi connectivity index (χ1v) is 11.4. The highest BCUT2D eigenvalue weighted by Crippen LogP contribution is 2.32. The number of hydrogen-bond acceptors (Lipinski definition) is 4. The molecular weight excluding hydrogens is 459 g/mol. The normalized spacial score (nSPS) is 15.8. The SMILES string of the molecule is Cc1c(NC(=O)C(C)N2CCN(c3cccc(C(F)(F)F)c3)CC2)c(=O)n(-c2ccccc2)n1C. The summed E-state index contributed by atoms with van der Waals surface area (Å²) in [6.07, 6.45) is -4.39. The number of anilines is 2. The van der Waals surface area contributed by atoms with Crippen LogP contribution in [-0.2, 0) is 18.0 Å². The summed E-state index contributed by atoms with van der Waals surface area (Å²) in [6, 6.07) is 13.9. The van der Waals surface area contributed by atoms with E-state index in [0.717, 1.165) is 12.1 Å². The van der Waals surface area contributed by atoms with Crippen LogP contribution in [0.15, 0.2) is 59.4 Å². The average Bonchev–Trinajstić information content (AvgIpc) is 3.06. The van der Waals surface area contributed by atoms with E-state index in [-0.39, 0.29) is 17.2 Å². The topological polar surface area (TPSA) is 62.5 Å². The molecule has 1 amide bonds. The van der Waals surface area contributed by atoms with Gasteiger partial charge in [-0.3, -0.25) is 19.2 Å². The summed E-state index contributed by atoms with van der Waals surface area (Å²) < 4.78 is 42.4. The van der Waals surface area contributed by atoms with E-state index < -0.39 is 17.8 Å². The fraction of sp³-hybridized carbons (Fsp3) is 0.360. The number of alkyl halides is 3. The van der Waals surface area contributed by atoms with Gasteiger partial charge in [-0.25, -0.2) is 4.68 Å². The summed E-state index contributed by atoms with van der Waals surface area (Å²) in [5, 5.41) is 2.80. The van der Waals surface area contributed by atoms with Gasteiger partial charge in [0.15, 0.2) is 0 Å². The van der Waals surface area contributed by atoms with Crippen LogP contribution in [0.5, 0.6) is 0 Å². The van der Waals surface area contributed by atoms with Crippen molar-refractivity contribution in [3.8, 4) is 5.69 Å². The van der Waals surface area contributed by atoms with Gasteiger partial charge < -0.3 is 10.2 Å². The molecule has 0 bridgehead atoms. The lowest BCUT2D eigenvalue weighted by Crippen LogP contribution is -2.53. The van der Waals surface area contributed by atoms with Gasteiger partial charge in [0, 0.05) is 38.9 Å². The first kappa shape index (κ1) is 24.6. The first-order valence-electron chi connectivity index (χ1n) is 11.4. The molecular formula is C25H28F3N5O2. The fourth-order valence-corrected chi connectivity index (χ4v) is 4.35. The van der Waals surface area contributed by atoms with Gasteiger partial charge in [-0.15, -0.1) is 0 Å². The van der Waals surface area contributed by atoms with Crippen molar-refractivity contribution in [3.05, 3.63) is 76.2 Å². The predicted molar refractivity (Wildman–Crippen MR) is 129 cm³/mol. The highest BCUT2D eigenvalue weighted by molar-refractivity contribution is 5.95. The molecule has 2 aromatic carbocycles. The van der Waals surface area contributed by atoms with Crippen molar-refractivity contribution in [2.75, 3.05) is 36.4 Å². The van der Waals surface area contributed by atoms with Crippen LogP contribution in [0.2, 0.25) is 0 Å². The molecule has 0 spiro atoms. The standard InChI is InChI=1S/C25H28F3N5O2/c1-17-22(24(35)33(30(17)3)20-9-5-4-6-10-20)29-23(34)18(2)31-12-14-32(15-13-31)21-11-7-8-19(16-21)25(26,27)28/h4-11,16,18H,12-15H2,1-3H3,(H,29,34). The van der Waals surface area contributed by atoms with Crippen molar-refractivity contribution < 1.29 is 18.0 Å². The molecule has 1 fully saturated rings. The van der Waals surface area contributed by atoms with E-state index in [0.29, 0.717) is 43.2 Å². The number of aromatic nitrogens is 2. The van der Waals surface area contributed by atoms with Crippen molar-refractivity contribution in [2.45, 2.75) is 26.1 Å². The Hall–Kier alpha value is -3.53. The zero-order valence-corrected chi connectivity index (χ0v) is 19.8. The van der Waals surface area contributed by atoms with Crippen LogP contribution in [0.1, 0.15) is 18.2 Å². The maximum absolute atomic E-state index is 13.1. The van der Waals surface area contributed by atoms with Crippen LogP contribution in [0.25, 0.3) is 5.69 Å². The van der Waals surface area contributed by atoms with Gasteiger partial charge >= 0.3 is 6.18 Å². The first-order chi connectivity index (χ1) is 16.6. The van der Waals surface area contributed by atoms with E-state index in [1.54, 1.807) is 31.6 Å². The summed E-state index contributed by atoms with van der Waals surface area (Å²) in [6.45, 7) is 5.53. The van der Waals surface area contributed by atoms with Gasteiger partial charge in [-0.1, -0.05) is 24.3 Å². The molecule has 0 aliphatic carbocycles. The summed E-state index contributed by atoms with van der Waals surface area (Å²) >= 11 is 0. The van der Waals surface area contributed by atoms with Crippen LogP contribution in [0, 0.1) is 6.92 Å². The average molecular weight is 488 g/mol. The molecule has 1 N–H and O–H groups in total. The molecule has 3 aromatic rings. The molecule has 0 radical (unpaired) electrons. The Labute approximate surface area is 201 Å². The lowest BCUT2D eigenvalue weighted by atomic mass is 10.1. The minimum Gasteiger partial charge on any atom is -0.369 e. The van der Waals surface area contributed by atoms with Crippen molar-refractivity contribution in [2.24, 2.45) is 7.05 Å². The molecule has 1 aromatic heterocycles. The van der Waals surface area contributed by atoms with E-state index in [1.807, 2.05) is 40.1 Å². The highest BCUT2D eigenvalue weighted by atomic mass is 19.4. The molecule has 2 heterocycles. The van der Waals surface area contributed by atoms with Crippen LogP contribution in [-0.4, -0.2) is 52.4 Å². The molecule has 1 atom stereocenters. The number of rotatable bonds is 5. The lowest BCUT2D eigenvalue weighted by Gasteiger charge is -2.38. The number of halogens is 3. The van der Waals surface area contributed by atoms with Crippen molar-refractivity contribution in [3.63, 3.8) is 0 Å². The summed E-state index contributed by atoms with van der Waals surface area (Å²) in [7, 11) is 1.76. The summed E-state index contributed by atoms with van der Waals surface area (Å²) in [5.41, 5.74) is 1.08. The second kappa shape index (κ2) is 9.61. The lowest BCUT2D eigenvalue weighted by molar-refractivity contribution is -0.137. The molecule has 4 rings (SSSR count). The third kappa shape index (κ3) is 4.97. The predicted octanol–water partition coefficient (Wildman–Crippen LogP) is 3.65. The van der Waals surface area contributed by atoms with Gasteiger partial charge in [0.05, 0.1) is 23.0 Å². The smallest absolute Gasteiger partial charge is 0.369 e. The van der Waals surface area contributed by atoms with E-state index >= 15 is 0 Å². The Kier molecular flexibility index (Phi) is 6.75. The van der Waals surface area contributed by atoms with Crippen LogP contribution < -0.4 is 15.8 Å². The zero-order valence-electron chi connectivity index (χ0n) is 19.8. The molecule has 1 aliphatic heterocycles. The zero-order chi connectivity index (χ0) is 25.3. The molecule has 186 valence electrons. The van der Waals surface area contributed by atoms with E-state index in [4.69, 9.17) is 0 Å². The van der Waals surface area contributed by atoms with Crippen molar-refractivity contribution in [1.82, 2.24) is 14.3 Å². The third-order valence-corrected chi connectivity index (χ3v) is 6.58. The minimum absolute atomic E-state index is 0.232. The van der Waals surface area contributed by atoms with Crippen molar-refractivity contribution in [1.29, 1.82) is 0 Å². The highest BCUT2D eigenvalue weighted by Gasteiger charge is 2.32. The molecule has 10 heteroatoms. The Morgan fingerprint density at radius 1 is 0.971 bits per heavy atom. The van der Waals surface area contributed by atoms with Gasteiger partial charge in [0.25, 0.3) is 5.56 Å². The maximum Gasteiger partial charge on any atom is 0.416 e. The van der Waals surface area contributed by atoms with Gasteiger partial charge in [0.1, 0.15) is 5.69 Å². The number of nitrogens with zero attached hydrogens (tertiary/aromatic N) is 4. The Balaban J connectivity index is 1.43. The van der Waals surface area contributed by atoms with Gasteiger partial charge in [-0.2, -0.15) is 13.2 Å². The minimum atomic E-state index is -4.39. The number of amides is 1. The molecule has 1 saturated heterocycles. The van der Waals surface area contributed by atoms with Crippen LogP contribution in [0.4, 0.5) is 24.5 Å². The molecule has 0 saturated carbocycles. The molecule has 1 unspecified atom stereocenters. The van der Waals surface area contributed by atoms with Crippen molar-refractivity contribution >= 4 is 17.3 Å². The van der Waals surface area contributed by atoms with E-state index in [9.17, 15) is 22.8 Å². The number of carbonyl (C=O) groups excluding carboxylic acids is 1. The van der Waals surface area contributed by atoms with E-state index in [1.165, 1.54) is 10.7 Å².